The van der Waals surface area contributed by atoms with Crippen molar-refractivity contribution in [2.45, 2.75) is 66.0 Å². The largest absolute Gasteiger partial charge is 0.383 e. The van der Waals surface area contributed by atoms with Crippen molar-refractivity contribution in [3.8, 4) is 0 Å². The lowest BCUT2D eigenvalue weighted by molar-refractivity contribution is -0.130. The van der Waals surface area contributed by atoms with E-state index in [1.165, 1.54) is 0 Å². The molecule has 176 valence electrons. The van der Waals surface area contributed by atoms with E-state index in [9.17, 15) is 9.59 Å². The van der Waals surface area contributed by atoms with Gasteiger partial charge < -0.3 is 23.6 Å². The molecule has 2 aromatic rings. The highest BCUT2D eigenvalue weighted by Crippen LogP contribution is 2.23. The van der Waals surface area contributed by atoms with Gasteiger partial charge in [-0.3, -0.25) is 9.59 Å². The molecule has 3 heterocycles. The number of amides is 2. The summed E-state index contributed by atoms with van der Waals surface area (Å²) in [5.41, 5.74) is 2.72. The SMILES string of the molecule is COCCn1c(C)cc(C(=O)N2CCC(N(CCc3noc(C(C)C)n3)C(C)=O)C2)c1C. The Balaban J connectivity index is 1.64. The van der Waals surface area contributed by atoms with E-state index in [0.29, 0.717) is 44.4 Å². The number of hydrogen-bond acceptors (Lipinski definition) is 6. The summed E-state index contributed by atoms with van der Waals surface area (Å²) >= 11 is 0. The van der Waals surface area contributed by atoms with Crippen molar-refractivity contribution in [2.24, 2.45) is 0 Å². The van der Waals surface area contributed by atoms with Crippen LogP contribution in [0.2, 0.25) is 0 Å². The number of likely N-dealkylation sites (tertiary alicyclic amines) is 1. The number of ether oxygens (including phenoxy) is 1. The van der Waals surface area contributed by atoms with Crippen LogP contribution < -0.4 is 0 Å². The van der Waals surface area contributed by atoms with E-state index in [4.69, 9.17) is 9.26 Å². The van der Waals surface area contributed by atoms with Crippen LogP contribution in [0.5, 0.6) is 0 Å². The monoisotopic (exact) mass is 445 g/mol. The first-order valence-corrected chi connectivity index (χ1v) is 11.3. The first kappa shape index (κ1) is 24.0. The van der Waals surface area contributed by atoms with Crippen LogP contribution in [0, 0.1) is 13.8 Å². The van der Waals surface area contributed by atoms with Gasteiger partial charge in [-0.2, -0.15) is 4.98 Å². The molecular formula is C23H35N5O4. The maximum atomic E-state index is 13.2. The molecule has 1 atom stereocenters. The van der Waals surface area contributed by atoms with Crippen LogP contribution in [-0.4, -0.2) is 75.7 Å². The number of nitrogens with zero attached hydrogens (tertiary/aromatic N) is 5. The minimum Gasteiger partial charge on any atom is -0.383 e. The highest BCUT2D eigenvalue weighted by molar-refractivity contribution is 5.96. The van der Waals surface area contributed by atoms with Crippen LogP contribution in [0.4, 0.5) is 0 Å². The number of hydrogen-bond donors (Lipinski definition) is 0. The molecule has 0 N–H and O–H groups in total. The molecule has 1 fully saturated rings. The van der Waals surface area contributed by atoms with E-state index < -0.39 is 0 Å². The summed E-state index contributed by atoms with van der Waals surface area (Å²) in [5, 5.41) is 4.02. The lowest BCUT2D eigenvalue weighted by Gasteiger charge is -2.27. The second-order valence-corrected chi connectivity index (χ2v) is 8.79. The predicted octanol–water partition coefficient (Wildman–Crippen LogP) is 2.56. The fourth-order valence-electron chi connectivity index (χ4n) is 4.32. The molecule has 3 rings (SSSR count). The average Bonchev–Trinajstić information content (AvgIpc) is 3.46. The molecule has 0 aliphatic carbocycles. The normalized spacial score (nSPS) is 16.2. The molecule has 1 saturated heterocycles. The summed E-state index contributed by atoms with van der Waals surface area (Å²) < 4.78 is 12.6. The first-order chi connectivity index (χ1) is 15.2. The van der Waals surface area contributed by atoms with Gasteiger partial charge in [-0.1, -0.05) is 19.0 Å². The standard InChI is InChI=1S/C23H35N5O4/c1-15(2)22-24-21(25-32-22)8-10-28(18(5)29)19-7-9-26(14-19)23(30)20-13-16(3)27(17(20)4)11-12-31-6/h13,15,19H,7-12,14H2,1-6H3. The highest BCUT2D eigenvalue weighted by Gasteiger charge is 2.33. The maximum absolute atomic E-state index is 13.2. The van der Waals surface area contributed by atoms with Gasteiger partial charge in [0.2, 0.25) is 11.8 Å². The van der Waals surface area contributed by atoms with Crippen molar-refractivity contribution in [3.05, 3.63) is 34.7 Å². The molecule has 0 spiro atoms. The van der Waals surface area contributed by atoms with Gasteiger partial charge in [-0.25, -0.2) is 0 Å². The summed E-state index contributed by atoms with van der Waals surface area (Å²) in [6.07, 6.45) is 1.29. The highest BCUT2D eigenvalue weighted by atomic mass is 16.5. The number of rotatable bonds is 9. The second kappa shape index (κ2) is 10.3. The Bertz CT molecular complexity index is 948. The molecule has 32 heavy (non-hydrogen) atoms. The lowest BCUT2D eigenvalue weighted by atomic mass is 10.2. The van der Waals surface area contributed by atoms with Crippen molar-refractivity contribution in [3.63, 3.8) is 0 Å². The Morgan fingerprint density at radius 3 is 2.72 bits per heavy atom. The molecule has 1 aliphatic rings. The summed E-state index contributed by atoms with van der Waals surface area (Å²) in [6, 6.07) is 1.94. The minimum absolute atomic E-state index is 0.00498. The predicted molar refractivity (Wildman–Crippen MR) is 120 cm³/mol. The van der Waals surface area contributed by atoms with Gasteiger partial charge in [0.05, 0.1) is 18.2 Å². The zero-order valence-corrected chi connectivity index (χ0v) is 20.1. The Morgan fingerprint density at radius 1 is 1.34 bits per heavy atom. The van der Waals surface area contributed by atoms with Crippen molar-refractivity contribution in [1.29, 1.82) is 0 Å². The van der Waals surface area contributed by atoms with Gasteiger partial charge >= 0.3 is 0 Å². The van der Waals surface area contributed by atoms with Crippen LogP contribution in [0.1, 0.15) is 66.6 Å². The maximum Gasteiger partial charge on any atom is 0.255 e. The van der Waals surface area contributed by atoms with E-state index in [1.807, 2.05) is 43.6 Å². The third kappa shape index (κ3) is 5.20. The van der Waals surface area contributed by atoms with Gasteiger partial charge in [0.15, 0.2) is 5.82 Å². The van der Waals surface area contributed by atoms with E-state index in [0.717, 1.165) is 29.9 Å². The quantitative estimate of drug-likeness (QED) is 0.589. The summed E-state index contributed by atoms with van der Waals surface area (Å²) in [7, 11) is 1.67. The Kier molecular flexibility index (Phi) is 7.71. The molecule has 2 aromatic heterocycles. The Hall–Kier alpha value is -2.68. The van der Waals surface area contributed by atoms with Crippen LogP contribution in [-0.2, 0) is 22.5 Å². The van der Waals surface area contributed by atoms with Crippen LogP contribution in [0.15, 0.2) is 10.6 Å². The van der Waals surface area contributed by atoms with Crippen molar-refractivity contribution in [1.82, 2.24) is 24.5 Å². The second-order valence-electron chi connectivity index (χ2n) is 8.79. The van der Waals surface area contributed by atoms with E-state index in [-0.39, 0.29) is 23.8 Å². The third-order valence-corrected chi connectivity index (χ3v) is 6.17. The molecule has 1 unspecified atom stereocenters. The van der Waals surface area contributed by atoms with Crippen molar-refractivity contribution in [2.75, 3.05) is 33.4 Å². The molecule has 2 amide bonds. The minimum atomic E-state index is -0.00935. The fraction of sp³-hybridized carbons (Fsp3) is 0.652. The average molecular weight is 446 g/mol. The molecular weight excluding hydrogens is 410 g/mol. The zero-order chi connectivity index (χ0) is 23.4. The number of aryl methyl sites for hydroxylation is 1. The molecule has 0 radical (unpaired) electrons. The van der Waals surface area contributed by atoms with Gasteiger partial charge in [0, 0.05) is 63.9 Å². The first-order valence-electron chi connectivity index (χ1n) is 11.3. The van der Waals surface area contributed by atoms with Crippen LogP contribution >= 0.6 is 0 Å². The number of aromatic nitrogens is 3. The molecule has 1 aliphatic heterocycles. The molecule has 9 heteroatoms. The molecule has 0 bridgehead atoms. The Labute approximate surface area is 189 Å². The Morgan fingerprint density at radius 2 is 2.09 bits per heavy atom. The van der Waals surface area contributed by atoms with Gasteiger partial charge in [-0.15, -0.1) is 0 Å². The smallest absolute Gasteiger partial charge is 0.255 e. The summed E-state index contributed by atoms with van der Waals surface area (Å²) in [5.74, 6) is 1.40. The van der Waals surface area contributed by atoms with Gasteiger partial charge in [0.25, 0.3) is 5.91 Å². The fourth-order valence-corrected chi connectivity index (χ4v) is 4.32. The number of carbonyl (C=O) groups is 2. The van der Waals surface area contributed by atoms with Crippen LogP contribution in [0.25, 0.3) is 0 Å². The van der Waals surface area contributed by atoms with E-state index >= 15 is 0 Å². The van der Waals surface area contributed by atoms with E-state index in [2.05, 4.69) is 14.7 Å². The topological polar surface area (TPSA) is 93.7 Å². The lowest BCUT2D eigenvalue weighted by Crippen LogP contribution is -2.42. The summed E-state index contributed by atoms with van der Waals surface area (Å²) in [4.78, 5) is 33.7. The zero-order valence-electron chi connectivity index (χ0n) is 20.1. The number of carbonyl (C=O) groups excluding carboxylic acids is 2. The van der Waals surface area contributed by atoms with E-state index in [1.54, 1.807) is 14.0 Å². The van der Waals surface area contributed by atoms with Crippen LogP contribution in [0.3, 0.4) is 0 Å². The molecule has 9 nitrogen and oxygen atoms in total. The summed E-state index contributed by atoms with van der Waals surface area (Å²) in [6.45, 7) is 12.5. The number of methoxy groups -OCH3 is 1. The third-order valence-electron chi connectivity index (χ3n) is 6.17. The molecule has 0 aromatic carbocycles. The van der Waals surface area contributed by atoms with Gasteiger partial charge in [0.1, 0.15) is 0 Å². The molecule has 0 saturated carbocycles. The van der Waals surface area contributed by atoms with Crippen molar-refractivity contribution >= 4 is 11.8 Å². The van der Waals surface area contributed by atoms with Crippen molar-refractivity contribution < 1.29 is 18.8 Å². The van der Waals surface area contributed by atoms with Gasteiger partial charge in [-0.05, 0) is 26.3 Å².